The Morgan fingerprint density at radius 2 is 1.86 bits per heavy atom. The molecule has 21 heavy (non-hydrogen) atoms. The fourth-order valence-electron chi connectivity index (χ4n) is 2.18. The lowest BCUT2D eigenvalue weighted by atomic mass is 10.2. The molecule has 0 saturated heterocycles. The lowest BCUT2D eigenvalue weighted by Gasteiger charge is -2.22. The van der Waals surface area contributed by atoms with Gasteiger partial charge in [-0.1, -0.05) is 17.7 Å². The van der Waals surface area contributed by atoms with Gasteiger partial charge in [0.1, 0.15) is 4.90 Å². The molecule has 1 heterocycles. The number of nitrogens with zero attached hydrogens (tertiary/aromatic N) is 2. The number of hydrogen-bond donors (Lipinski definition) is 0. The van der Waals surface area contributed by atoms with E-state index < -0.39 is 10.0 Å². The highest BCUT2D eigenvalue weighted by Gasteiger charge is 2.25. The van der Waals surface area contributed by atoms with Crippen LogP contribution in [0.2, 0.25) is 0 Å². The van der Waals surface area contributed by atoms with Crippen LogP contribution in [0.1, 0.15) is 18.2 Å². The third-order valence-corrected chi connectivity index (χ3v) is 5.56. The van der Waals surface area contributed by atoms with Crippen LogP contribution in [0.5, 0.6) is 0 Å². The van der Waals surface area contributed by atoms with E-state index in [4.69, 9.17) is 11.6 Å². The number of aromatic nitrogens is 1. The second-order valence-corrected chi connectivity index (χ2v) is 7.05. The van der Waals surface area contributed by atoms with Crippen LogP contribution in [-0.4, -0.2) is 19.5 Å². The number of hydrogen-bond acceptors (Lipinski definition) is 2. The maximum atomic E-state index is 12.8. The van der Waals surface area contributed by atoms with E-state index in [-0.39, 0.29) is 10.8 Å². The van der Waals surface area contributed by atoms with Crippen molar-refractivity contribution >= 4 is 27.3 Å². The van der Waals surface area contributed by atoms with Crippen LogP contribution in [0.25, 0.3) is 0 Å². The molecule has 0 unspecified atom stereocenters. The molecule has 0 fully saturated rings. The summed E-state index contributed by atoms with van der Waals surface area (Å²) in [5.74, 6) is 0.280. The SMILES string of the molecule is CCN(c1ccc(C)cc1)S(=O)(=O)c1cc(CCl)n(C)c1. The average molecular weight is 327 g/mol. The lowest BCUT2D eigenvalue weighted by Crippen LogP contribution is -2.30. The van der Waals surface area contributed by atoms with Gasteiger partial charge in [0.25, 0.3) is 10.0 Å². The highest BCUT2D eigenvalue weighted by molar-refractivity contribution is 7.92. The standard InChI is InChI=1S/C15H19ClN2O2S/c1-4-18(13-7-5-12(2)6-8-13)21(19,20)15-9-14(10-16)17(3)11-15/h5-9,11H,4,10H2,1-3H3. The van der Waals surface area contributed by atoms with E-state index in [0.29, 0.717) is 12.2 Å². The van der Waals surface area contributed by atoms with Gasteiger partial charge < -0.3 is 4.57 Å². The molecule has 0 saturated carbocycles. The number of rotatable bonds is 5. The summed E-state index contributed by atoms with van der Waals surface area (Å²) in [6, 6.07) is 9.08. The monoisotopic (exact) mass is 326 g/mol. The first-order valence-electron chi connectivity index (χ1n) is 6.70. The summed E-state index contributed by atoms with van der Waals surface area (Å²) in [6.07, 6.45) is 1.60. The van der Waals surface area contributed by atoms with Crippen LogP contribution in [0, 0.1) is 6.92 Å². The molecule has 2 aromatic rings. The minimum Gasteiger partial charge on any atom is -0.352 e. The number of anilines is 1. The Kier molecular flexibility index (Phi) is 4.64. The minimum atomic E-state index is -3.57. The summed E-state index contributed by atoms with van der Waals surface area (Å²) < 4.78 is 28.7. The van der Waals surface area contributed by atoms with Crippen LogP contribution in [0.15, 0.2) is 41.4 Å². The highest BCUT2D eigenvalue weighted by Crippen LogP contribution is 2.25. The van der Waals surface area contributed by atoms with Crippen molar-refractivity contribution in [3.05, 3.63) is 47.8 Å². The van der Waals surface area contributed by atoms with E-state index in [9.17, 15) is 8.42 Å². The van der Waals surface area contributed by atoms with E-state index in [1.54, 1.807) is 23.9 Å². The number of halogens is 1. The van der Waals surface area contributed by atoms with Crippen molar-refractivity contribution in [3.8, 4) is 0 Å². The quantitative estimate of drug-likeness (QED) is 0.791. The van der Waals surface area contributed by atoms with Crippen molar-refractivity contribution in [2.45, 2.75) is 24.6 Å². The van der Waals surface area contributed by atoms with Gasteiger partial charge in [-0.25, -0.2) is 8.42 Å². The molecule has 1 aromatic carbocycles. The molecule has 0 atom stereocenters. The van der Waals surface area contributed by atoms with E-state index in [0.717, 1.165) is 11.3 Å². The molecule has 2 rings (SSSR count). The van der Waals surface area contributed by atoms with Gasteiger partial charge in [-0.3, -0.25) is 4.31 Å². The lowest BCUT2D eigenvalue weighted by molar-refractivity contribution is 0.591. The number of aryl methyl sites for hydroxylation is 2. The highest BCUT2D eigenvalue weighted by atomic mass is 35.5. The van der Waals surface area contributed by atoms with Crippen molar-refractivity contribution in [2.75, 3.05) is 10.8 Å². The zero-order chi connectivity index (χ0) is 15.6. The summed E-state index contributed by atoms with van der Waals surface area (Å²) in [6.45, 7) is 4.16. The molecule has 0 aliphatic rings. The molecule has 0 radical (unpaired) electrons. The third kappa shape index (κ3) is 3.09. The fourth-order valence-corrected chi connectivity index (χ4v) is 4.02. The largest absolute Gasteiger partial charge is 0.352 e. The van der Waals surface area contributed by atoms with Crippen molar-refractivity contribution in [1.29, 1.82) is 0 Å². The van der Waals surface area contributed by atoms with Crippen LogP contribution in [0.4, 0.5) is 5.69 Å². The zero-order valence-electron chi connectivity index (χ0n) is 12.4. The van der Waals surface area contributed by atoms with Gasteiger partial charge in [0.2, 0.25) is 0 Å². The Balaban J connectivity index is 2.46. The molecule has 0 amide bonds. The van der Waals surface area contributed by atoms with Gasteiger partial charge >= 0.3 is 0 Å². The van der Waals surface area contributed by atoms with Gasteiger partial charge in [0.05, 0.1) is 11.6 Å². The Morgan fingerprint density at radius 3 is 2.33 bits per heavy atom. The van der Waals surface area contributed by atoms with Crippen molar-refractivity contribution in [3.63, 3.8) is 0 Å². The second-order valence-electron chi connectivity index (χ2n) is 4.92. The molecular weight excluding hydrogens is 308 g/mol. The Hall–Kier alpha value is -1.46. The maximum Gasteiger partial charge on any atom is 0.265 e. The topological polar surface area (TPSA) is 42.3 Å². The van der Waals surface area contributed by atoms with Crippen LogP contribution < -0.4 is 4.31 Å². The summed E-state index contributed by atoms with van der Waals surface area (Å²) in [5, 5.41) is 0. The molecule has 114 valence electrons. The van der Waals surface area contributed by atoms with Gasteiger partial charge in [-0.15, -0.1) is 11.6 Å². The minimum absolute atomic E-state index is 0.267. The number of sulfonamides is 1. The van der Waals surface area contributed by atoms with E-state index in [1.807, 2.05) is 38.1 Å². The average Bonchev–Trinajstić information content (AvgIpc) is 2.83. The van der Waals surface area contributed by atoms with Crippen molar-refractivity contribution in [2.24, 2.45) is 7.05 Å². The van der Waals surface area contributed by atoms with Crippen LogP contribution in [-0.2, 0) is 23.0 Å². The zero-order valence-corrected chi connectivity index (χ0v) is 13.9. The first kappa shape index (κ1) is 15.9. The molecule has 0 aliphatic heterocycles. The molecule has 0 N–H and O–H groups in total. The molecule has 1 aromatic heterocycles. The van der Waals surface area contributed by atoms with Gasteiger partial charge in [-0.05, 0) is 32.0 Å². The molecule has 4 nitrogen and oxygen atoms in total. The van der Waals surface area contributed by atoms with Crippen molar-refractivity contribution < 1.29 is 8.42 Å². The van der Waals surface area contributed by atoms with Gasteiger partial charge in [-0.2, -0.15) is 0 Å². The van der Waals surface area contributed by atoms with Crippen LogP contribution >= 0.6 is 11.6 Å². The molecule has 0 aliphatic carbocycles. The Labute approximate surface area is 131 Å². The molecule has 0 bridgehead atoms. The normalized spacial score (nSPS) is 11.6. The van der Waals surface area contributed by atoms with Crippen molar-refractivity contribution in [1.82, 2.24) is 4.57 Å². The maximum absolute atomic E-state index is 12.8. The van der Waals surface area contributed by atoms with E-state index >= 15 is 0 Å². The van der Waals surface area contributed by atoms with E-state index in [2.05, 4.69) is 0 Å². The number of benzene rings is 1. The number of alkyl halides is 1. The second kappa shape index (κ2) is 6.12. The van der Waals surface area contributed by atoms with Gasteiger partial charge in [0.15, 0.2) is 0 Å². The molecular formula is C15H19ClN2O2S. The summed E-state index contributed by atoms with van der Waals surface area (Å²) >= 11 is 5.81. The molecule has 0 spiro atoms. The van der Waals surface area contributed by atoms with E-state index in [1.165, 1.54) is 4.31 Å². The molecule has 6 heteroatoms. The van der Waals surface area contributed by atoms with Gasteiger partial charge in [0, 0.05) is 25.5 Å². The predicted octanol–water partition coefficient (Wildman–Crippen LogP) is 3.29. The third-order valence-electron chi connectivity index (χ3n) is 3.42. The fraction of sp³-hybridized carbons (Fsp3) is 0.333. The first-order chi connectivity index (χ1) is 9.90. The summed E-state index contributed by atoms with van der Waals surface area (Å²) in [7, 11) is -1.78. The predicted molar refractivity (Wildman–Crippen MR) is 86.4 cm³/mol. The Morgan fingerprint density at radius 1 is 1.24 bits per heavy atom. The first-order valence-corrected chi connectivity index (χ1v) is 8.68. The smallest absolute Gasteiger partial charge is 0.265 e. The summed E-state index contributed by atoms with van der Waals surface area (Å²) in [5.41, 5.74) is 2.53. The Bertz CT molecular complexity index is 721. The van der Waals surface area contributed by atoms with Crippen LogP contribution in [0.3, 0.4) is 0 Å². The summed E-state index contributed by atoms with van der Waals surface area (Å²) in [4.78, 5) is 0.267.